The molecule has 5 heteroatoms. The van der Waals surface area contributed by atoms with E-state index >= 15 is 0 Å². The summed E-state index contributed by atoms with van der Waals surface area (Å²) in [6.07, 6.45) is 5.68. The van der Waals surface area contributed by atoms with Crippen molar-refractivity contribution in [3.05, 3.63) is 23.0 Å². The molecule has 0 aliphatic carbocycles. The molecular formula is C14H21N3O2. The average molecular weight is 263 g/mol. The molecule has 1 aliphatic rings. The van der Waals surface area contributed by atoms with Crippen LogP contribution in [0, 0.1) is 13.8 Å². The Bertz CT molecular complexity index is 485. The number of carbonyl (C=O) groups is 1. The summed E-state index contributed by atoms with van der Waals surface area (Å²) in [5, 5.41) is 7.17. The highest BCUT2D eigenvalue weighted by Gasteiger charge is 2.15. The number of aryl methyl sites for hydroxylation is 2. The molecule has 2 rings (SSSR count). The van der Waals surface area contributed by atoms with Crippen molar-refractivity contribution < 1.29 is 9.53 Å². The monoisotopic (exact) mass is 263 g/mol. The molecule has 104 valence electrons. The summed E-state index contributed by atoms with van der Waals surface area (Å²) >= 11 is 0. The fourth-order valence-electron chi connectivity index (χ4n) is 2.27. The Balaban J connectivity index is 1.88. The van der Waals surface area contributed by atoms with Crippen molar-refractivity contribution in [2.75, 3.05) is 13.2 Å². The number of carbonyl (C=O) groups excluding carboxylic acids is 1. The van der Waals surface area contributed by atoms with Crippen LogP contribution in [-0.4, -0.2) is 34.9 Å². The Hall–Kier alpha value is -1.62. The second-order valence-corrected chi connectivity index (χ2v) is 4.92. The van der Waals surface area contributed by atoms with Gasteiger partial charge in [-0.15, -0.1) is 0 Å². The van der Waals surface area contributed by atoms with Gasteiger partial charge in [0, 0.05) is 37.5 Å². The number of rotatable bonds is 4. The lowest BCUT2D eigenvalue weighted by Gasteiger charge is -2.08. The predicted molar refractivity (Wildman–Crippen MR) is 73.7 cm³/mol. The second kappa shape index (κ2) is 6.02. The van der Waals surface area contributed by atoms with Crippen molar-refractivity contribution in [3.8, 4) is 0 Å². The summed E-state index contributed by atoms with van der Waals surface area (Å²) in [6, 6.07) is 0. The first-order valence-electron chi connectivity index (χ1n) is 6.65. The molecule has 0 unspecified atom stereocenters. The highest BCUT2D eigenvalue weighted by Crippen LogP contribution is 2.13. The molecule has 0 bridgehead atoms. The van der Waals surface area contributed by atoms with Crippen molar-refractivity contribution >= 4 is 12.0 Å². The quantitative estimate of drug-likeness (QED) is 0.834. The minimum atomic E-state index is -0.0850. The Morgan fingerprint density at radius 1 is 1.58 bits per heavy atom. The van der Waals surface area contributed by atoms with Crippen LogP contribution in [0.4, 0.5) is 0 Å². The van der Waals surface area contributed by atoms with Crippen LogP contribution in [0.3, 0.4) is 0 Å². The first-order valence-corrected chi connectivity index (χ1v) is 6.65. The molecule has 1 aromatic rings. The molecule has 1 N–H and O–H groups in total. The van der Waals surface area contributed by atoms with Gasteiger partial charge in [0.25, 0.3) is 0 Å². The summed E-state index contributed by atoms with van der Waals surface area (Å²) in [4.78, 5) is 11.7. The topological polar surface area (TPSA) is 56.2 Å². The Morgan fingerprint density at radius 2 is 2.37 bits per heavy atom. The zero-order valence-corrected chi connectivity index (χ0v) is 11.8. The zero-order valence-electron chi connectivity index (χ0n) is 11.8. The third kappa shape index (κ3) is 3.44. The number of nitrogens with zero attached hydrogens (tertiary/aromatic N) is 2. The van der Waals surface area contributed by atoms with Gasteiger partial charge in [-0.05, 0) is 32.8 Å². The molecule has 19 heavy (non-hydrogen) atoms. The summed E-state index contributed by atoms with van der Waals surface area (Å²) in [5.41, 5.74) is 3.00. The molecule has 0 saturated carbocycles. The third-order valence-electron chi connectivity index (χ3n) is 3.49. The van der Waals surface area contributed by atoms with E-state index in [0.29, 0.717) is 6.54 Å². The average Bonchev–Trinajstić information content (AvgIpc) is 2.96. The molecule has 5 nitrogen and oxygen atoms in total. The Morgan fingerprint density at radius 3 is 2.95 bits per heavy atom. The van der Waals surface area contributed by atoms with Crippen molar-refractivity contribution in [1.29, 1.82) is 0 Å². The fourth-order valence-corrected chi connectivity index (χ4v) is 2.27. The van der Waals surface area contributed by atoms with E-state index in [9.17, 15) is 4.79 Å². The number of amides is 1. The normalized spacial score (nSPS) is 19.2. The zero-order chi connectivity index (χ0) is 13.8. The standard InChI is InChI=1S/C14H21N3O2/c1-10-13(11(2)17(3)16-10)6-7-14(18)15-9-12-5-4-8-19-12/h6-7,12H,4-5,8-9H2,1-3H3,(H,15,18)/b7-6+/t12-/m0/s1. The van der Waals surface area contributed by atoms with Crippen LogP contribution in [0.1, 0.15) is 29.8 Å². The predicted octanol–water partition coefficient (Wildman–Crippen LogP) is 1.35. The Labute approximate surface area is 113 Å². The van der Waals surface area contributed by atoms with E-state index in [0.717, 1.165) is 36.4 Å². The highest BCUT2D eigenvalue weighted by molar-refractivity contribution is 5.92. The Kier molecular flexibility index (Phi) is 4.37. The van der Waals surface area contributed by atoms with Gasteiger partial charge >= 0.3 is 0 Å². The van der Waals surface area contributed by atoms with Gasteiger partial charge in [-0.1, -0.05) is 0 Å². The minimum Gasteiger partial charge on any atom is -0.376 e. The molecular weight excluding hydrogens is 242 g/mol. The van der Waals surface area contributed by atoms with E-state index < -0.39 is 0 Å². The van der Waals surface area contributed by atoms with E-state index in [2.05, 4.69) is 10.4 Å². The van der Waals surface area contributed by atoms with E-state index in [1.54, 1.807) is 6.08 Å². The molecule has 1 fully saturated rings. The lowest BCUT2D eigenvalue weighted by molar-refractivity contribution is -0.116. The summed E-state index contributed by atoms with van der Waals surface area (Å²) in [7, 11) is 1.90. The maximum Gasteiger partial charge on any atom is 0.244 e. The van der Waals surface area contributed by atoms with Crippen LogP contribution >= 0.6 is 0 Å². The van der Waals surface area contributed by atoms with E-state index in [4.69, 9.17) is 4.74 Å². The van der Waals surface area contributed by atoms with Gasteiger partial charge in [-0.25, -0.2) is 0 Å². The van der Waals surface area contributed by atoms with Crippen LogP contribution in [0.15, 0.2) is 6.08 Å². The summed E-state index contributed by atoms with van der Waals surface area (Å²) in [6.45, 7) is 5.33. The SMILES string of the molecule is Cc1nn(C)c(C)c1/C=C/C(=O)NC[C@@H]1CCCO1. The molecule has 2 heterocycles. The number of ether oxygens (including phenoxy) is 1. The molecule has 1 atom stereocenters. The van der Waals surface area contributed by atoms with Crippen molar-refractivity contribution in [1.82, 2.24) is 15.1 Å². The van der Waals surface area contributed by atoms with Crippen LogP contribution in [0.5, 0.6) is 0 Å². The van der Waals surface area contributed by atoms with E-state index in [-0.39, 0.29) is 12.0 Å². The van der Waals surface area contributed by atoms with Crippen molar-refractivity contribution in [2.45, 2.75) is 32.8 Å². The fraction of sp³-hybridized carbons (Fsp3) is 0.571. The number of nitrogens with one attached hydrogen (secondary N) is 1. The van der Waals surface area contributed by atoms with Crippen LogP contribution in [0.25, 0.3) is 6.08 Å². The summed E-state index contributed by atoms with van der Waals surface area (Å²) in [5.74, 6) is -0.0850. The van der Waals surface area contributed by atoms with Crippen LogP contribution in [0.2, 0.25) is 0 Å². The number of hydrogen-bond acceptors (Lipinski definition) is 3. The smallest absolute Gasteiger partial charge is 0.244 e. The van der Waals surface area contributed by atoms with Crippen molar-refractivity contribution in [3.63, 3.8) is 0 Å². The van der Waals surface area contributed by atoms with Gasteiger partial charge in [0.2, 0.25) is 5.91 Å². The number of aromatic nitrogens is 2. The molecule has 1 amide bonds. The third-order valence-corrected chi connectivity index (χ3v) is 3.49. The van der Waals surface area contributed by atoms with E-state index in [1.165, 1.54) is 0 Å². The molecule has 0 spiro atoms. The van der Waals surface area contributed by atoms with E-state index in [1.807, 2.05) is 31.7 Å². The van der Waals surface area contributed by atoms with Gasteiger partial charge in [0.05, 0.1) is 11.8 Å². The lowest BCUT2D eigenvalue weighted by Crippen LogP contribution is -2.30. The maximum atomic E-state index is 11.7. The van der Waals surface area contributed by atoms with Gasteiger partial charge in [0.15, 0.2) is 0 Å². The molecule has 0 aromatic carbocycles. The van der Waals surface area contributed by atoms with Gasteiger partial charge in [-0.3, -0.25) is 9.48 Å². The van der Waals surface area contributed by atoms with Crippen LogP contribution in [-0.2, 0) is 16.6 Å². The van der Waals surface area contributed by atoms with Crippen LogP contribution < -0.4 is 5.32 Å². The molecule has 1 saturated heterocycles. The minimum absolute atomic E-state index is 0.0850. The molecule has 1 aliphatic heterocycles. The van der Waals surface area contributed by atoms with Gasteiger partial charge in [-0.2, -0.15) is 5.10 Å². The first-order chi connectivity index (χ1) is 9.08. The first kappa shape index (κ1) is 13.8. The second-order valence-electron chi connectivity index (χ2n) is 4.92. The summed E-state index contributed by atoms with van der Waals surface area (Å²) < 4.78 is 7.27. The maximum absolute atomic E-state index is 11.7. The van der Waals surface area contributed by atoms with Crippen molar-refractivity contribution in [2.24, 2.45) is 7.05 Å². The molecule has 1 aromatic heterocycles. The largest absolute Gasteiger partial charge is 0.376 e. The number of hydrogen-bond donors (Lipinski definition) is 1. The molecule has 0 radical (unpaired) electrons. The van der Waals surface area contributed by atoms with Gasteiger partial charge in [0.1, 0.15) is 0 Å². The van der Waals surface area contributed by atoms with Gasteiger partial charge < -0.3 is 10.1 Å². The lowest BCUT2D eigenvalue weighted by atomic mass is 10.2. The highest BCUT2D eigenvalue weighted by atomic mass is 16.5.